The molecule has 0 spiro atoms. The standard InChI is InChI=1S/C6H15N3O/c7-3-5(8)6-4-9-1-2-10-6/h5-6,9H,1-4,7-8H2. The smallest absolute Gasteiger partial charge is 0.0862 e. The summed E-state index contributed by atoms with van der Waals surface area (Å²) in [6.07, 6.45) is 0.110. The van der Waals surface area contributed by atoms with Crippen molar-refractivity contribution in [1.82, 2.24) is 5.32 Å². The van der Waals surface area contributed by atoms with Gasteiger partial charge in [0.15, 0.2) is 0 Å². The molecule has 0 radical (unpaired) electrons. The number of nitrogens with one attached hydrogen (secondary N) is 1. The molecule has 0 aliphatic carbocycles. The minimum atomic E-state index is -0.0206. The van der Waals surface area contributed by atoms with Gasteiger partial charge in [-0.1, -0.05) is 0 Å². The monoisotopic (exact) mass is 145 g/mol. The second kappa shape index (κ2) is 3.88. The molecule has 2 unspecified atom stereocenters. The third kappa shape index (κ3) is 1.91. The van der Waals surface area contributed by atoms with Gasteiger partial charge in [0.1, 0.15) is 0 Å². The SMILES string of the molecule is NCC(N)C1CNCCO1. The van der Waals surface area contributed by atoms with Crippen molar-refractivity contribution in [3.05, 3.63) is 0 Å². The first kappa shape index (κ1) is 7.94. The van der Waals surface area contributed by atoms with E-state index < -0.39 is 0 Å². The molecular weight excluding hydrogens is 130 g/mol. The minimum Gasteiger partial charge on any atom is -0.374 e. The Kier molecular flexibility index (Phi) is 3.08. The van der Waals surface area contributed by atoms with Crippen LogP contribution in [0, 0.1) is 0 Å². The fourth-order valence-corrected chi connectivity index (χ4v) is 1.01. The lowest BCUT2D eigenvalue weighted by Crippen LogP contribution is -2.51. The summed E-state index contributed by atoms with van der Waals surface area (Å²) in [6, 6.07) is -0.0206. The van der Waals surface area contributed by atoms with Gasteiger partial charge in [-0.15, -0.1) is 0 Å². The molecule has 1 aliphatic rings. The van der Waals surface area contributed by atoms with E-state index in [1.807, 2.05) is 0 Å². The van der Waals surface area contributed by atoms with E-state index >= 15 is 0 Å². The Morgan fingerprint density at radius 2 is 2.50 bits per heavy atom. The van der Waals surface area contributed by atoms with Crippen molar-refractivity contribution >= 4 is 0 Å². The second-order valence-corrected chi connectivity index (χ2v) is 2.51. The highest BCUT2D eigenvalue weighted by molar-refractivity contribution is 4.78. The number of rotatable bonds is 2. The molecule has 0 aromatic rings. The van der Waals surface area contributed by atoms with Gasteiger partial charge in [0.2, 0.25) is 0 Å². The quantitative estimate of drug-likeness (QED) is 0.431. The first-order valence-corrected chi connectivity index (χ1v) is 3.62. The van der Waals surface area contributed by atoms with E-state index in [9.17, 15) is 0 Å². The Labute approximate surface area is 60.9 Å². The molecule has 5 N–H and O–H groups in total. The molecule has 60 valence electrons. The molecule has 4 nitrogen and oxygen atoms in total. The molecule has 2 atom stereocenters. The van der Waals surface area contributed by atoms with Gasteiger partial charge in [0.05, 0.1) is 12.7 Å². The fraction of sp³-hybridized carbons (Fsp3) is 1.00. The molecule has 1 rings (SSSR count). The average Bonchev–Trinajstić information content (AvgIpc) is 2.05. The van der Waals surface area contributed by atoms with Gasteiger partial charge < -0.3 is 21.5 Å². The molecule has 4 heteroatoms. The molecule has 10 heavy (non-hydrogen) atoms. The van der Waals surface area contributed by atoms with Crippen molar-refractivity contribution < 1.29 is 4.74 Å². The average molecular weight is 145 g/mol. The van der Waals surface area contributed by atoms with Crippen LogP contribution in [0.3, 0.4) is 0 Å². The maximum atomic E-state index is 5.66. The summed E-state index contributed by atoms with van der Waals surface area (Å²) in [7, 11) is 0. The third-order valence-electron chi connectivity index (χ3n) is 1.71. The van der Waals surface area contributed by atoms with E-state index in [4.69, 9.17) is 16.2 Å². The van der Waals surface area contributed by atoms with E-state index in [0.717, 1.165) is 19.7 Å². The number of hydrogen-bond donors (Lipinski definition) is 3. The molecule has 1 aliphatic heterocycles. The highest BCUT2D eigenvalue weighted by Gasteiger charge is 2.19. The van der Waals surface area contributed by atoms with Crippen molar-refractivity contribution in [2.75, 3.05) is 26.2 Å². The normalized spacial score (nSPS) is 30.0. The van der Waals surface area contributed by atoms with Crippen LogP contribution >= 0.6 is 0 Å². The number of hydrogen-bond acceptors (Lipinski definition) is 4. The zero-order valence-corrected chi connectivity index (χ0v) is 6.05. The Morgan fingerprint density at radius 3 is 3.00 bits per heavy atom. The molecular formula is C6H15N3O. The summed E-state index contributed by atoms with van der Waals surface area (Å²) in [6.45, 7) is 3.00. The summed E-state index contributed by atoms with van der Waals surface area (Å²) >= 11 is 0. The van der Waals surface area contributed by atoms with Crippen molar-refractivity contribution in [1.29, 1.82) is 0 Å². The highest BCUT2D eigenvalue weighted by Crippen LogP contribution is 1.98. The molecule has 0 bridgehead atoms. The van der Waals surface area contributed by atoms with E-state index in [1.54, 1.807) is 0 Å². The Balaban J connectivity index is 2.24. The van der Waals surface area contributed by atoms with Crippen LogP contribution in [0.1, 0.15) is 0 Å². The van der Waals surface area contributed by atoms with E-state index in [1.165, 1.54) is 0 Å². The lowest BCUT2D eigenvalue weighted by atomic mass is 10.1. The van der Waals surface area contributed by atoms with E-state index in [2.05, 4.69) is 5.32 Å². The highest BCUT2D eigenvalue weighted by atomic mass is 16.5. The summed E-state index contributed by atoms with van der Waals surface area (Å²) in [5.74, 6) is 0. The predicted molar refractivity (Wildman–Crippen MR) is 39.6 cm³/mol. The van der Waals surface area contributed by atoms with Crippen LogP contribution in [0.5, 0.6) is 0 Å². The molecule has 1 heterocycles. The van der Waals surface area contributed by atoms with Crippen molar-refractivity contribution in [3.63, 3.8) is 0 Å². The van der Waals surface area contributed by atoms with Gasteiger partial charge in [-0.05, 0) is 0 Å². The first-order chi connectivity index (χ1) is 4.84. The largest absolute Gasteiger partial charge is 0.374 e. The van der Waals surface area contributed by atoms with Crippen LogP contribution in [0.25, 0.3) is 0 Å². The zero-order valence-electron chi connectivity index (χ0n) is 6.05. The van der Waals surface area contributed by atoms with Crippen molar-refractivity contribution in [2.45, 2.75) is 12.1 Å². The predicted octanol–water partition coefficient (Wildman–Crippen LogP) is -1.74. The summed E-state index contributed by atoms with van der Waals surface area (Å²) < 4.78 is 5.36. The Bertz CT molecular complexity index is 93.0. The fourth-order valence-electron chi connectivity index (χ4n) is 1.01. The minimum absolute atomic E-state index is 0.0206. The van der Waals surface area contributed by atoms with Crippen LogP contribution in [0.4, 0.5) is 0 Å². The van der Waals surface area contributed by atoms with E-state index in [-0.39, 0.29) is 12.1 Å². The number of ether oxygens (including phenoxy) is 1. The van der Waals surface area contributed by atoms with Gasteiger partial charge in [0.25, 0.3) is 0 Å². The summed E-state index contributed by atoms with van der Waals surface area (Å²) in [5.41, 5.74) is 11.0. The third-order valence-corrected chi connectivity index (χ3v) is 1.71. The van der Waals surface area contributed by atoms with Gasteiger partial charge >= 0.3 is 0 Å². The topological polar surface area (TPSA) is 73.3 Å². The maximum Gasteiger partial charge on any atom is 0.0862 e. The van der Waals surface area contributed by atoms with Gasteiger partial charge in [-0.2, -0.15) is 0 Å². The maximum absolute atomic E-state index is 5.66. The molecule has 1 fully saturated rings. The number of morpholine rings is 1. The Morgan fingerprint density at radius 1 is 1.70 bits per heavy atom. The lowest BCUT2D eigenvalue weighted by Gasteiger charge is -2.27. The van der Waals surface area contributed by atoms with Crippen LogP contribution in [0.15, 0.2) is 0 Å². The van der Waals surface area contributed by atoms with Crippen LogP contribution in [-0.4, -0.2) is 38.4 Å². The van der Waals surface area contributed by atoms with Crippen LogP contribution in [0.2, 0.25) is 0 Å². The van der Waals surface area contributed by atoms with Gasteiger partial charge in [-0.25, -0.2) is 0 Å². The second-order valence-electron chi connectivity index (χ2n) is 2.51. The molecule has 0 aromatic heterocycles. The lowest BCUT2D eigenvalue weighted by molar-refractivity contribution is 0.0144. The molecule has 0 saturated carbocycles. The van der Waals surface area contributed by atoms with E-state index in [0.29, 0.717) is 6.54 Å². The van der Waals surface area contributed by atoms with Crippen molar-refractivity contribution in [3.8, 4) is 0 Å². The zero-order chi connectivity index (χ0) is 7.40. The molecule has 1 saturated heterocycles. The molecule has 0 aromatic carbocycles. The Hall–Kier alpha value is -0.160. The van der Waals surface area contributed by atoms with Crippen LogP contribution < -0.4 is 16.8 Å². The first-order valence-electron chi connectivity index (χ1n) is 3.62. The van der Waals surface area contributed by atoms with Crippen LogP contribution in [-0.2, 0) is 4.74 Å². The molecule has 0 amide bonds. The number of nitrogens with two attached hydrogens (primary N) is 2. The summed E-state index contributed by atoms with van der Waals surface area (Å²) in [5, 5.41) is 3.19. The van der Waals surface area contributed by atoms with Gasteiger partial charge in [0, 0.05) is 25.7 Å². The van der Waals surface area contributed by atoms with Crippen molar-refractivity contribution in [2.24, 2.45) is 11.5 Å². The summed E-state index contributed by atoms with van der Waals surface area (Å²) in [4.78, 5) is 0. The van der Waals surface area contributed by atoms with Gasteiger partial charge in [-0.3, -0.25) is 0 Å².